The Hall–Kier alpha value is -7.62. The molecule has 0 radical (unpaired) electrons. The van der Waals surface area contributed by atoms with Gasteiger partial charge in [-0.2, -0.15) is 0 Å². The van der Waals surface area contributed by atoms with Crippen LogP contribution in [0.3, 0.4) is 0 Å². The molecule has 12 rings (SSSR count). The standard InChI is InChI=1S/C54H35N3/c1-3-14-36(15-4-1)37-26-30-41(31-27-37)56-49-23-11-7-18-42(49)45-21-13-25-53(54(45)56)57-50-24-12-9-20-44(50)47-35-39(29-33-52(47)57)38-28-32-51-46(34-38)43-19-8-10-22-48(43)55(51)40-16-5-2-6-17-40/h1-35H/i7D,8D,9D,10D,11D,12D,13D,18D,19D,20D,21D,22D,23D,24D,25D,28D,29D,33D,34D,35D. The lowest BCUT2D eigenvalue weighted by Gasteiger charge is -2.15. The molecule has 0 saturated carbocycles. The van der Waals surface area contributed by atoms with Gasteiger partial charge in [0.1, 0.15) is 0 Å². The molecule has 9 aromatic carbocycles. The molecule has 57 heavy (non-hydrogen) atoms. The van der Waals surface area contributed by atoms with Gasteiger partial charge in [0.05, 0.1) is 66.2 Å². The van der Waals surface area contributed by atoms with Gasteiger partial charge in [-0.3, -0.25) is 0 Å². The molecule has 0 amide bonds. The highest BCUT2D eigenvalue weighted by Gasteiger charge is 2.21. The van der Waals surface area contributed by atoms with Crippen molar-refractivity contribution in [3.63, 3.8) is 0 Å². The molecule has 0 saturated heterocycles. The lowest BCUT2D eigenvalue weighted by molar-refractivity contribution is 1.13. The second-order valence-electron chi connectivity index (χ2n) is 13.4. The van der Waals surface area contributed by atoms with Crippen LogP contribution in [0.25, 0.3) is 105 Å². The zero-order valence-corrected chi connectivity index (χ0v) is 29.5. The van der Waals surface area contributed by atoms with Crippen molar-refractivity contribution in [1.82, 2.24) is 13.7 Å². The van der Waals surface area contributed by atoms with E-state index in [2.05, 4.69) is 0 Å². The summed E-state index contributed by atoms with van der Waals surface area (Å²) in [6.45, 7) is 0. The van der Waals surface area contributed by atoms with Crippen molar-refractivity contribution in [3.05, 3.63) is 212 Å². The molecule has 3 heterocycles. The largest absolute Gasteiger partial charge is 0.309 e. The van der Waals surface area contributed by atoms with Crippen LogP contribution in [0.4, 0.5) is 0 Å². The van der Waals surface area contributed by atoms with E-state index in [0.717, 1.165) is 15.7 Å². The molecule has 3 aromatic heterocycles. The van der Waals surface area contributed by atoms with E-state index in [9.17, 15) is 16.4 Å². The van der Waals surface area contributed by atoms with E-state index in [1.54, 1.807) is 54.6 Å². The van der Waals surface area contributed by atoms with Gasteiger partial charge in [-0.05, 0) is 94.9 Å². The first-order chi connectivity index (χ1) is 36.6. The van der Waals surface area contributed by atoms with Gasteiger partial charge in [0.25, 0.3) is 0 Å². The SMILES string of the molecule is [2H]c1cc2c(c([2H])c1-c1c([2H])c([2H])c3c(c1[2H])c1c([2H])c([2H])c([2H])c([2H])c1n3-c1c([2H])c([2H])c([2H])c3c4c([2H])c([2H])c([2H])c([2H])c4n(-c4ccc(-c5ccccc5)cc4)c13)c1c([2H])c([2H])c([2H])c([2H])c1n2-c1ccccc1. The van der Waals surface area contributed by atoms with Gasteiger partial charge in [-0.1, -0.05) is 139 Å². The zero-order chi connectivity index (χ0) is 54.9. The molecule has 0 aliphatic heterocycles. The lowest BCUT2D eigenvalue weighted by atomic mass is 10.0. The Bertz CT molecular complexity index is 4660. The van der Waals surface area contributed by atoms with Crippen LogP contribution in [0, 0.1) is 0 Å². The Labute approximate surface area is 357 Å². The average Bonchev–Trinajstić information content (AvgIpc) is 3.71. The van der Waals surface area contributed by atoms with Crippen molar-refractivity contribution in [1.29, 1.82) is 0 Å². The Morgan fingerprint density at radius 1 is 0.298 bits per heavy atom. The van der Waals surface area contributed by atoms with Gasteiger partial charge in [-0.15, -0.1) is 0 Å². The van der Waals surface area contributed by atoms with Gasteiger partial charge in [0.2, 0.25) is 0 Å². The van der Waals surface area contributed by atoms with Crippen molar-refractivity contribution >= 4 is 65.4 Å². The second kappa shape index (κ2) is 12.5. The highest BCUT2D eigenvalue weighted by Crippen LogP contribution is 2.42. The summed E-state index contributed by atoms with van der Waals surface area (Å²) < 4.78 is 190. The summed E-state index contributed by atoms with van der Waals surface area (Å²) in [6, 6.07) is 12.9. The highest BCUT2D eigenvalue weighted by molar-refractivity contribution is 6.16. The first kappa shape index (κ1) is 17.9. The average molecular weight is 746 g/mol. The van der Waals surface area contributed by atoms with Crippen LogP contribution in [0.2, 0.25) is 0 Å². The van der Waals surface area contributed by atoms with E-state index in [1.807, 2.05) is 30.3 Å². The maximum absolute atomic E-state index is 10.1. The van der Waals surface area contributed by atoms with Crippen molar-refractivity contribution in [2.45, 2.75) is 0 Å². The molecule has 12 aromatic rings. The first-order valence-electron chi connectivity index (χ1n) is 28.0. The summed E-state index contributed by atoms with van der Waals surface area (Å²) in [5.74, 6) is 0. The zero-order valence-electron chi connectivity index (χ0n) is 49.5. The summed E-state index contributed by atoms with van der Waals surface area (Å²) in [5, 5.41) is -1.42. The topological polar surface area (TPSA) is 14.8 Å². The maximum atomic E-state index is 10.1. The van der Waals surface area contributed by atoms with Crippen LogP contribution in [-0.2, 0) is 0 Å². The molecule has 0 bridgehead atoms. The Morgan fingerprint density at radius 2 is 0.807 bits per heavy atom. The van der Waals surface area contributed by atoms with E-state index in [1.165, 1.54) is 15.2 Å². The van der Waals surface area contributed by atoms with Gasteiger partial charge in [0, 0.05) is 43.7 Å². The van der Waals surface area contributed by atoms with E-state index in [0.29, 0.717) is 5.69 Å². The third-order valence-corrected chi connectivity index (χ3v) is 10.3. The molecular formula is C54H35N3. The monoisotopic (exact) mass is 745 g/mol. The predicted octanol–water partition coefficient (Wildman–Crippen LogP) is 14.3. The Morgan fingerprint density at radius 3 is 1.51 bits per heavy atom. The Kier molecular flexibility index (Phi) is 3.91. The minimum absolute atomic E-state index is 0.0161. The van der Waals surface area contributed by atoms with E-state index < -0.39 is 159 Å². The lowest BCUT2D eigenvalue weighted by Crippen LogP contribution is -2.00. The summed E-state index contributed by atoms with van der Waals surface area (Å²) >= 11 is 0. The predicted molar refractivity (Wildman–Crippen MR) is 240 cm³/mol. The number of nitrogens with zero attached hydrogens (tertiary/aromatic N) is 3. The number of fused-ring (bicyclic) bond motifs is 9. The number of hydrogen-bond acceptors (Lipinski definition) is 0. The van der Waals surface area contributed by atoms with Crippen LogP contribution in [0.5, 0.6) is 0 Å². The fourth-order valence-electron chi connectivity index (χ4n) is 7.83. The van der Waals surface area contributed by atoms with Crippen LogP contribution < -0.4 is 0 Å². The quantitative estimate of drug-likeness (QED) is 0.167. The molecular weight excluding hydrogens is 691 g/mol. The number of rotatable bonds is 5. The van der Waals surface area contributed by atoms with E-state index >= 15 is 0 Å². The smallest absolute Gasteiger partial charge is 0.0782 e. The molecule has 0 N–H and O–H groups in total. The van der Waals surface area contributed by atoms with Crippen molar-refractivity contribution < 1.29 is 27.4 Å². The fraction of sp³-hybridized carbons (Fsp3) is 0. The molecule has 0 spiro atoms. The van der Waals surface area contributed by atoms with Crippen molar-refractivity contribution in [2.75, 3.05) is 0 Å². The molecule has 0 fully saturated rings. The van der Waals surface area contributed by atoms with Crippen LogP contribution >= 0.6 is 0 Å². The second-order valence-corrected chi connectivity index (χ2v) is 13.4. The van der Waals surface area contributed by atoms with Crippen LogP contribution in [0.1, 0.15) is 27.4 Å². The molecule has 0 aliphatic rings. The molecule has 3 nitrogen and oxygen atoms in total. The third kappa shape index (κ3) is 4.79. The van der Waals surface area contributed by atoms with Gasteiger partial charge in [0.15, 0.2) is 0 Å². The van der Waals surface area contributed by atoms with Crippen molar-refractivity contribution in [3.8, 4) is 39.3 Å². The number of para-hydroxylation sites is 5. The van der Waals surface area contributed by atoms with Gasteiger partial charge >= 0.3 is 0 Å². The molecule has 0 aliphatic carbocycles. The number of aromatic nitrogens is 3. The number of hydrogen-bond donors (Lipinski definition) is 0. The first-order valence-corrected chi connectivity index (χ1v) is 18.0. The third-order valence-electron chi connectivity index (χ3n) is 10.3. The van der Waals surface area contributed by atoms with E-state index in [-0.39, 0.29) is 49.3 Å². The summed E-state index contributed by atoms with van der Waals surface area (Å²) in [4.78, 5) is 0. The summed E-state index contributed by atoms with van der Waals surface area (Å²) in [5.41, 5.74) is -0.260. The van der Waals surface area contributed by atoms with Crippen molar-refractivity contribution in [2.24, 2.45) is 0 Å². The number of benzene rings is 9. The highest BCUT2D eigenvalue weighted by atomic mass is 15.1. The summed E-state index contributed by atoms with van der Waals surface area (Å²) in [7, 11) is 0. The summed E-state index contributed by atoms with van der Waals surface area (Å²) in [6.07, 6.45) is 0. The van der Waals surface area contributed by atoms with Crippen LogP contribution in [-0.4, -0.2) is 13.7 Å². The maximum Gasteiger partial charge on any atom is 0.0782 e. The minimum Gasteiger partial charge on any atom is -0.309 e. The van der Waals surface area contributed by atoms with Gasteiger partial charge < -0.3 is 13.7 Å². The molecule has 0 atom stereocenters. The molecule has 266 valence electrons. The van der Waals surface area contributed by atoms with Crippen LogP contribution in [0.15, 0.2) is 212 Å². The Balaban J connectivity index is 1.27. The minimum atomic E-state index is -0.792. The van der Waals surface area contributed by atoms with E-state index in [4.69, 9.17) is 11.0 Å². The molecule has 0 unspecified atom stereocenters. The molecule has 3 heteroatoms. The normalized spacial score (nSPS) is 16.8. The van der Waals surface area contributed by atoms with Gasteiger partial charge in [-0.25, -0.2) is 0 Å². The fourth-order valence-corrected chi connectivity index (χ4v) is 7.83.